The molecule has 1 aliphatic rings. The summed E-state index contributed by atoms with van der Waals surface area (Å²) >= 11 is 0. The van der Waals surface area contributed by atoms with Gasteiger partial charge in [0.05, 0.1) is 0 Å². The zero-order valence-corrected chi connectivity index (χ0v) is 9.03. The Bertz CT molecular complexity index is 99.4. The molecule has 0 aromatic rings. The van der Waals surface area contributed by atoms with Crippen LogP contribution in [0.15, 0.2) is 0 Å². The Morgan fingerprint density at radius 1 is 1.00 bits per heavy atom. The van der Waals surface area contributed by atoms with Crippen LogP contribution in [0.3, 0.4) is 0 Å². The van der Waals surface area contributed by atoms with Gasteiger partial charge in [-0.05, 0) is 43.2 Å². The van der Waals surface area contributed by atoms with Crippen molar-refractivity contribution in [3.05, 3.63) is 0 Å². The highest BCUT2D eigenvalue weighted by atomic mass is 31.1. The van der Waals surface area contributed by atoms with Crippen LogP contribution >= 0.6 is 7.92 Å². The maximum absolute atomic E-state index is 2.39. The van der Waals surface area contributed by atoms with Crippen LogP contribution in [0.2, 0.25) is 0 Å². The normalized spacial score (nSPS) is 33.0. The quantitative estimate of drug-likeness (QED) is 0.567. The van der Waals surface area contributed by atoms with Crippen LogP contribution in [-0.4, -0.2) is 17.5 Å². The van der Waals surface area contributed by atoms with Crippen molar-refractivity contribution in [3.63, 3.8) is 0 Å². The number of rotatable bonds is 3. The third kappa shape index (κ3) is 1.96. The van der Waals surface area contributed by atoms with Gasteiger partial charge in [0.2, 0.25) is 0 Å². The molecule has 0 spiro atoms. The van der Waals surface area contributed by atoms with Crippen LogP contribution in [0.5, 0.6) is 0 Å². The molecule has 1 rings (SSSR count). The van der Waals surface area contributed by atoms with E-state index in [4.69, 9.17) is 0 Å². The van der Waals surface area contributed by atoms with Crippen molar-refractivity contribution < 1.29 is 0 Å². The fraction of sp³-hybridized carbons (Fsp3) is 1.00. The molecule has 0 unspecified atom stereocenters. The smallest absolute Gasteiger partial charge is 0.0209 e. The van der Waals surface area contributed by atoms with E-state index < -0.39 is 0 Å². The van der Waals surface area contributed by atoms with Gasteiger partial charge in [0.1, 0.15) is 0 Å². The third-order valence-corrected chi connectivity index (χ3v) is 6.93. The molecule has 0 saturated carbocycles. The monoisotopic (exact) mass is 172 g/mol. The van der Waals surface area contributed by atoms with E-state index in [-0.39, 0.29) is 0 Å². The highest BCUT2D eigenvalue weighted by Gasteiger charge is 2.31. The fourth-order valence-corrected chi connectivity index (χ4v) is 5.94. The predicted molar refractivity (Wildman–Crippen MR) is 54.9 cm³/mol. The van der Waals surface area contributed by atoms with Gasteiger partial charge in [-0.2, -0.15) is 0 Å². The molecule has 0 amide bonds. The molecule has 1 fully saturated rings. The summed E-state index contributed by atoms with van der Waals surface area (Å²) < 4.78 is 0. The van der Waals surface area contributed by atoms with E-state index in [1.54, 1.807) is 0 Å². The Morgan fingerprint density at radius 3 is 1.73 bits per heavy atom. The van der Waals surface area contributed by atoms with Gasteiger partial charge < -0.3 is 0 Å². The van der Waals surface area contributed by atoms with Gasteiger partial charge in [0.15, 0.2) is 0 Å². The van der Waals surface area contributed by atoms with E-state index in [0.717, 1.165) is 11.3 Å². The van der Waals surface area contributed by atoms with E-state index in [9.17, 15) is 0 Å². The van der Waals surface area contributed by atoms with Crippen LogP contribution in [0, 0.1) is 0 Å². The molecule has 2 atom stereocenters. The molecule has 11 heavy (non-hydrogen) atoms. The Hall–Kier alpha value is 0.430. The first kappa shape index (κ1) is 9.52. The van der Waals surface area contributed by atoms with Crippen LogP contribution in [0.1, 0.15) is 46.5 Å². The summed E-state index contributed by atoms with van der Waals surface area (Å²) in [7, 11) is 0.430. The van der Waals surface area contributed by atoms with Crippen molar-refractivity contribution in [2.24, 2.45) is 0 Å². The minimum atomic E-state index is 0.430. The maximum Gasteiger partial charge on any atom is -0.0209 e. The summed E-state index contributed by atoms with van der Waals surface area (Å²) in [6, 6.07) is 0. The lowest BCUT2D eigenvalue weighted by molar-refractivity contribution is 0.696. The molecule has 1 heteroatoms. The van der Waals surface area contributed by atoms with Gasteiger partial charge in [-0.3, -0.25) is 0 Å². The zero-order chi connectivity index (χ0) is 8.27. The van der Waals surface area contributed by atoms with E-state index in [2.05, 4.69) is 20.8 Å². The van der Waals surface area contributed by atoms with Gasteiger partial charge in [-0.25, -0.2) is 0 Å². The van der Waals surface area contributed by atoms with Crippen LogP contribution in [0.25, 0.3) is 0 Å². The lowest BCUT2D eigenvalue weighted by Gasteiger charge is -2.22. The van der Waals surface area contributed by atoms with Gasteiger partial charge >= 0.3 is 0 Å². The molecule has 1 aliphatic heterocycles. The molecule has 66 valence electrons. The average Bonchev–Trinajstić information content (AvgIpc) is 2.45. The summed E-state index contributed by atoms with van der Waals surface area (Å²) in [6.45, 7) is 7.13. The van der Waals surface area contributed by atoms with Gasteiger partial charge in [0.25, 0.3) is 0 Å². The minimum absolute atomic E-state index is 0.430. The lowest BCUT2D eigenvalue weighted by atomic mass is 10.1. The van der Waals surface area contributed by atoms with E-state index in [1.165, 1.54) is 31.8 Å². The molecule has 0 N–H and O–H groups in total. The molecular weight excluding hydrogens is 151 g/mol. The standard InChI is InChI=1S/C10H21P/c1-4-9-7-8-10(5-2)11(9)6-3/h9-10H,4-8H2,1-3H3/t9-,10-/m1/s1. The van der Waals surface area contributed by atoms with Crippen molar-refractivity contribution in [1.29, 1.82) is 0 Å². The zero-order valence-electron chi connectivity index (χ0n) is 8.14. The lowest BCUT2D eigenvalue weighted by Crippen LogP contribution is -2.03. The number of hydrogen-bond donors (Lipinski definition) is 0. The van der Waals surface area contributed by atoms with Crippen molar-refractivity contribution in [1.82, 2.24) is 0 Å². The highest BCUT2D eigenvalue weighted by Crippen LogP contribution is 2.57. The van der Waals surface area contributed by atoms with Gasteiger partial charge in [0, 0.05) is 0 Å². The summed E-state index contributed by atoms with van der Waals surface area (Å²) in [5.41, 5.74) is 2.25. The Kier molecular flexibility index (Phi) is 3.85. The molecule has 0 nitrogen and oxygen atoms in total. The minimum Gasteiger partial charge on any atom is -0.101 e. The third-order valence-electron chi connectivity index (χ3n) is 3.08. The van der Waals surface area contributed by atoms with Gasteiger partial charge in [-0.15, -0.1) is 7.92 Å². The first-order valence-electron chi connectivity index (χ1n) is 5.09. The first-order valence-corrected chi connectivity index (χ1v) is 6.75. The number of hydrogen-bond acceptors (Lipinski definition) is 0. The van der Waals surface area contributed by atoms with Crippen LogP contribution in [-0.2, 0) is 0 Å². The Labute approximate surface area is 72.5 Å². The molecule has 0 aromatic carbocycles. The molecule has 1 heterocycles. The summed E-state index contributed by atoms with van der Waals surface area (Å²) in [5.74, 6) is 0. The summed E-state index contributed by atoms with van der Waals surface area (Å²) in [4.78, 5) is 0. The highest BCUT2D eigenvalue weighted by molar-refractivity contribution is 7.59. The molecule has 0 aliphatic carbocycles. The first-order chi connectivity index (χ1) is 5.33. The van der Waals surface area contributed by atoms with Crippen LogP contribution in [0.4, 0.5) is 0 Å². The maximum atomic E-state index is 2.39. The molecular formula is C10H21P. The average molecular weight is 172 g/mol. The van der Waals surface area contributed by atoms with Crippen molar-refractivity contribution >= 4 is 7.92 Å². The SMILES string of the molecule is CC[C@@H]1CC[C@@H](CC)P1CC. The van der Waals surface area contributed by atoms with E-state index >= 15 is 0 Å². The Balaban J connectivity index is 2.48. The second-order valence-electron chi connectivity index (χ2n) is 3.53. The Morgan fingerprint density at radius 2 is 1.45 bits per heavy atom. The fourth-order valence-electron chi connectivity index (χ4n) is 2.41. The predicted octanol–water partition coefficient (Wildman–Crippen LogP) is 3.84. The van der Waals surface area contributed by atoms with E-state index in [1.807, 2.05) is 0 Å². The molecule has 1 saturated heterocycles. The van der Waals surface area contributed by atoms with E-state index in [0.29, 0.717) is 7.92 Å². The van der Waals surface area contributed by atoms with Crippen molar-refractivity contribution in [2.75, 3.05) is 6.16 Å². The topological polar surface area (TPSA) is 0 Å². The largest absolute Gasteiger partial charge is 0.101 e. The summed E-state index contributed by atoms with van der Waals surface area (Å²) in [5, 5.41) is 0. The molecule has 0 aromatic heterocycles. The van der Waals surface area contributed by atoms with Crippen LogP contribution < -0.4 is 0 Å². The van der Waals surface area contributed by atoms with Crippen molar-refractivity contribution in [2.45, 2.75) is 57.8 Å². The molecule has 0 bridgehead atoms. The molecule has 0 radical (unpaired) electrons. The van der Waals surface area contributed by atoms with Crippen molar-refractivity contribution in [3.8, 4) is 0 Å². The second kappa shape index (κ2) is 4.45. The summed E-state index contributed by atoms with van der Waals surface area (Å²) in [6.07, 6.45) is 7.43. The second-order valence-corrected chi connectivity index (χ2v) is 6.65. The van der Waals surface area contributed by atoms with Gasteiger partial charge in [-0.1, -0.05) is 20.8 Å².